The molecule has 4 rings (SSSR count). The van der Waals surface area contributed by atoms with Crippen molar-refractivity contribution in [2.75, 3.05) is 6.54 Å². The molecule has 0 aromatic carbocycles. The maximum absolute atomic E-state index is 12.6. The summed E-state index contributed by atoms with van der Waals surface area (Å²) < 4.78 is 12.0. The van der Waals surface area contributed by atoms with Gasteiger partial charge in [-0.1, -0.05) is 0 Å². The standard InChI is InChI=1S/C25H34N4O4S/c1-5-29(24(31)33-25(2,3)4)16-7-9-18(10-8-16)32-22-21-20-15(12-17(30)13-26)6-11-19(20)34-23(21)28-14-27-22/h14-18,30H,5-12H2,1-4H3/t15-,16?,17?,18?/m1/s1. The zero-order valence-corrected chi connectivity index (χ0v) is 21.2. The molecule has 2 aromatic heterocycles. The maximum atomic E-state index is 12.6. The molecular formula is C25H34N4O4S. The van der Waals surface area contributed by atoms with Gasteiger partial charge in [0.15, 0.2) is 0 Å². The van der Waals surface area contributed by atoms with Crippen molar-refractivity contribution < 1.29 is 19.4 Å². The van der Waals surface area contributed by atoms with Gasteiger partial charge in [0.05, 0.1) is 11.5 Å². The Morgan fingerprint density at radius 2 is 2.03 bits per heavy atom. The SMILES string of the molecule is CCN(C(=O)OC(C)(C)C)C1CCC(Oc2ncnc3sc4c(c23)[C@@H](CC(O)C#N)CC4)CC1. The first-order chi connectivity index (χ1) is 16.2. The molecule has 0 radical (unpaired) electrons. The number of hydrogen-bond donors (Lipinski definition) is 1. The third-order valence-electron chi connectivity index (χ3n) is 6.68. The lowest BCUT2D eigenvalue weighted by molar-refractivity contribution is 0.00812. The number of aromatic nitrogens is 2. The third kappa shape index (κ3) is 5.28. The van der Waals surface area contributed by atoms with Gasteiger partial charge in [0, 0.05) is 17.5 Å². The second-order valence-electron chi connectivity index (χ2n) is 10.2. The van der Waals surface area contributed by atoms with E-state index in [2.05, 4.69) is 9.97 Å². The normalized spacial score (nSPS) is 23.2. The molecule has 1 N–H and O–H groups in total. The highest BCUT2D eigenvalue weighted by Crippen LogP contribution is 2.47. The zero-order valence-electron chi connectivity index (χ0n) is 20.4. The second-order valence-corrected chi connectivity index (χ2v) is 11.3. The fourth-order valence-corrected chi connectivity index (χ4v) is 6.41. The Kier molecular flexibility index (Phi) is 7.29. The smallest absolute Gasteiger partial charge is 0.410 e. The number of fused-ring (bicyclic) bond motifs is 3. The van der Waals surface area contributed by atoms with E-state index in [0.29, 0.717) is 18.8 Å². The number of ether oxygens (including phenoxy) is 2. The molecule has 0 spiro atoms. The van der Waals surface area contributed by atoms with Gasteiger partial charge in [0.25, 0.3) is 0 Å². The van der Waals surface area contributed by atoms with Crippen LogP contribution in [0.25, 0.3) is 10.2 Å². The minimum Gasteiger partial charge on any atom is -0.474 e. The highest BCUT2D eigenvalue weighted by Gasteiger charge is 2.34. The van der Waals surface area contributed by atoms with Crippen LogP contribution in [0.15, 0.2) is 6.33 Å². The second kappa shape index (κ2) is 10.0. The minimum absolute atomic E-state index is 0.0202. The van der Waals surface area contributed by atoms with E-state index in [1.54, 1.807) is 17.7 Å². The first kappa shape index (κ1) is 24.7. The number of nitrogens with zero attached hydrogens (tertiary/aromatic N) is 4. The summed E-state index contributed by atoms with van der Waals surface area (Å²) in [6.45, 7) is 8.27. The average Bonchev–Trinajstić information content (AvgIpc) is 3.34. The monoisotopic (exact) mass is 486 g/mol. The molecule has 0 aliphatic heterocycles. The van der Waals surface area contributed by atoms with E-state index in [0.717, 1.165) is 54.3 Å². The van der Waals surface area contributed by atoms with E-state index in [1.807, 2.05) is 38.7 Å². The number of aryl methyl sites for hydroxylation is 1. The fraction of sp³-hybridized carbons (Fsp3) is 0.680. The Hall–Kier alpha value is -2.44. The van der Waals surface area contributed by atoms with Gasteiger partial charge in [-0.2, -0.15) is 5.26 Å². The summed E-state index contributed by atoms with van der Waals surface area (Å²) in [5.74, 6) is 0.721. The molecule has 34 heavy (non-hydrogen) atoms. The van der Waals surface area contributed by atoms with Gasteiger partial charge in [0.1, 0.15) is 29.0 Å². The van der Waals surface area contributed by atoms with Gasteiger partial charge in [-0.25, -0.2) is 14.8 Å². The number of carbonyl (C=O) groups is 1. The molecule has 1 unspecified atom stereocenters. The summed E-state index contributed by atoms with van der Waals surface area (Å²) in [4.78, 5) is 25.6. The van der Waals surface area contributed by atoms with Crippen molar-refractivity contribution in [1.29, 1.82) is 5.26 Å². The molecule has 184 valence electrons. The lowest BCUT2D eigenvalue weighted by Crippen LogP contribution is -2.45. The van der Waals surface area contributed by atoms with Crippen LogP contribution >= 0.6 is 11.3 Å². The van der Waals surface area contributed by atoms with Crippen molar-refractivity contribution in [3.8, 4) is 11.9 Å². The summed E-state index contributed by atoms with van der Waals surface area (Å²) in [6.07, 6.45) is 5.99. The van der Waals surface area contributed by atoms with Gasteiger partial charge < -0.3 is 19.5 Å². The molecule has 2 heterocycles. The number of rotatable bonds is 6. The Bertz CT molecular complexity index is 1070. The van der Waals surface area contributed by atoms with Gasteiger partial charge in [-0.15, -0.1) is 11.3 Å². The van der Waals surface area contributed by atoms with Crippen molar-refractivity contribution in [2.24, 2.45) is 0 Å². The predicted molar refractivity (Wildman–Crippen MR) is 130 cm³/mol. The van der Waals surface area contributed by atoms with Crippen molar-refractivity contribution >= 4 is 27.6 Å². The summed E-state index contributed by atoms with van der Waals surface area (Å²) in [5.41, 5.74) is 0.645. The number of nitriles is 1. The number of amides is 1. The van der Waals surface area contributed by atoms with Crippen LogP contribution in [0.2, 0.25) is 0 Å². The molecule has 2 aromatic rings. The van der Waals surface area contributed by atoms with Gasteiger partial charge in [0.2, 0.25) is 5.88 Å². The minimum atomic E-state index is -0.971. The van der Waals surface area contributed by atoms with Crippen molar-refractivity contribution in [3.63, 3.8) is 0 Å². The first-order valence-electron chi connectivity index (χ1n) is 12.2. The highest BCUT2D eigenvalue weighted by molar-refractivity contribution is 7.19. The molecule has 1 fully saturated rings. The molecule has 1 saturated carbocycles. The van der Waals surface area contributed by atoms with Gasteiger partial charge >= 0.3 is 6.09 Å². The molecule has 2 aliphatic rings. The Labute approximate surface area is 204 Å². The number of aliphatic hydroxyl groups excluding tert-OH is 1. The zero-order chi connectivity index (χ0) is 24.5. The fourth-order valence-electron chi connectivity index (χ4n) is 5.18. The molecule has 2 atom stereocenters. The number of hydrogen-bond acceptors (Lipinski definition) is 8. The van der Waals surface area contributed by atoms with Crippen molar-refractivity contribution in [2.45, 2.75) is 102 Å². The lowest BCUT2D eigenvalue weighted by Gasteiger charge is -2.37. The van der Waals surface area contributed by atoms with Crippen LogP contribution in [0.4, 0.5) is 4.79 Å². The van der Waals surface area contributed by atoms with Crippen LogP contribution in [0.3, 0.4) is 0 Å². The lowest BCUT2D eigenvalue weighted by atomic mass is 9.92. The van der Waals surface area contributed by atoms with E-state index < -0.39 is 11.7 Å². The van der Waals surface area contributed by atoms with E-state index in [-0.39, 0.29) is 24.2 Å². The van der Waals surface area contributed by atoms with Gasteiger partial charge in [-0.05, 0) is 84.1 Å². The van der Waals surface area contributed by atoms with Gasteiger partial charge in [-0.3, -0.25) is 0 Å². The van der Waals surface area contributed by atoms with Crippen LogP contribution in [-0.2, 0) is 11.2 Å². The molecule has 8 nitrogen and oxygen atoms in total. The van der Waals surface area contributed by atoms with Crippen LogP contribution in [0, 0.1) is 11.3 Å². The van der Waals surface area contributed by atoms with Crippen molar-refractivity contribution in [1.82, 2.24) is 14.9 Å². The van der Waals surface area contributed by atoms with Crippen molar-refractivity contribution in [3.05, 3.63) is 16.8 Å². The summed E-state index contributed by atoms with van der Waals surface area (Å²) in [6, 6.07) is 2.09. The Morgan fingerprint density at radius 3 is 2.68 bits per heavy atom. The largest absolute Gasteiger partial charge is 0.474 e. The molecule has 2 aliphatic carbocycles. The quantitative estimate of drug-likeness (QED) is 0.576. The number of aliphatic hydroxyl groups is 1. The summed E-state index contributed by atoms with van der Waals surface area (Å²) >= 11 is 1.66. The molecule has 1 amide bonds. The van der Waals surface area contributed by atoms with Crippen LogP contribution in [0.1, 0.15) is 82.6 Å². The third-order valence-corrected chi connectivity index (χ3v) is 7.86. The maximum Gasteiger partial charge on any atom is 0.410 e. The predicted octanol–water partition coefficient (Wildman–Crippen LogP) is 4.94. The summed E-state index contributed by atoms with van der Waals surface area (Å²) in [7, 11) is 0. The van der Waals surface area contributed by atoms with E-state index in [9.17, 15) is 9.90 Å². The topological polar surface area (TPSA) is 109 Å². The molecular weight excluding hydrogens is 452 g/mol. The van der Waals surface area contributed by atoms with Crippen LogP contribution in [0.5, 0.6) is 5.88 Å². The Morgan fingerprint density at radius 1 is 1.29 bits per heavy atom. The molecule has 0 saturated heterocycles. The Balaban J connectivity index is 1.46. The molecule has 9 heteroatoms. The van der Waals surface area contributed by atoms with E-state index in [4.69, 9.17) is 14.7 Å². The van der Waals surface area contributed by atoms with E-state index >= 15 is 0 Å². The van der Waals surface area contributed by atoms with Crippen LogP contribution < -0.4 is 4.74 Å². The molecule has 0 bridgehead atoms. The van der Waals surface area contributed by atoms with E-state index in [1.165, 1.54) is 4.88 Å². The first-order valence-corrected chi connectivity index (χ1v) is 13.0. The summed E-state index contributed by atoms with van der Waals surface area (Å²) in [5, 5.41) is 19.9. The average molecular weight is 487 g/mol. The van der Waals surface area contributed by atoms with Crippen LogP contribution in [-0.4, -0.2) is 56.5 Å². The number of carbonyl (C=O) groups excluding carboxylic acids is 1. The number of thiophene rings is 1. The highest BCUT2D eigenvalue weighted by atomic mass is 32.1.